The number of aromatic nitrogens is 2. The highest BCUT2D eigenvalue weighted by Crippen LogP contribution is 2.37. The molecule has 4 aromatic rings. The highest BCUT2D eigenvalue weighted by Gasteiger charge is 2.20. The van der Waals surface area contributed by atoms with Crippen LogP contribution in [-0.2, 0) is 24.4 Å². The van der Waals surface area contributed by atoms with E-state index in [4.69, 9.17) is 26.2 Å². The normalized spacial score (nSPS) is 11.8. The van der Waals surface area contributed by atoms with E-state index in [0.29, 0.717) is 39.8 Å². The Kier molecular flexibility index (Phi) is 8.48. The third-order valence-corrected chi connectivity index (χ3v) is 6.21. The molecular weight excluding hydrogens is 492 g/mol. The van der Waals surface area contributed by atoms with Gasteiger partial charge < -0.3 is 19.7 Å². The van der Waals surface area contributed by atoms with Crippen molar-refractivity contribution < 1.29 is 24.5 Å². The van der Waals surface area contributed by atoms with Crippen LogP contribution in [0.1, 0.15) is 24.5 Å². The van der Waals surface area contributed by atoms with Crippen molar-refractivity contribution in [2.45, 2.75) is 39.0 Å². The van der Waals surface area contributed by atoms with Gasteiger partial charge in [-0.2, -0.15) is 5.10 Å². The second kappa shape index (κ2) is 12.0. The molecule has 7 nitrogen and oxygen atoms in total. The number of aliphatic hydroxyl groups is 1. The molecule has 1 atom stereocenters. The summed E-state index contributed by atoms with van der Waals surface area (Å²) in [6, 6.07) is 22.2. The molecule has 0 spiro atoms. The third-order valence-electron chi connectivity index (χ3n) is 5.98. The van der Waals surface area contributed by atoms with Crippen molar-refractivity contribution in [1.29, 1.82) is 0 Å². The van der Waals surface area contributed by atoms with E-state index in [0.717, 1.165) is 16.8 Å². The van der Waals surface area contributed by atoms with Crippen molar-refractivity contribution in [3.05, 3.63) is 88.9 Å². The summed E-state index contributed by atoms with van der Waals surface area (Å²) in [5, 5.41) is 25.2. The summed E-state index contributed by atoms with van der Waals surface area (Å²) in [6.07, 6.45) is -0.142. The van der Waals surface area contributed by atoms with E-state index >= 15 is 0 Å². The van der Waals surface area contributed by atoms with E-state index in [2.05, 4.69) is 0 Å². The minimum atomic E-state index is -0.926. The van der Waals surface area contributed by atoms with Gasteiger partial charge in [-0.15, -0.1) is 0 Å². The number of ether oxygens (including phenoxy) is 2. The molecule has 1 aromatic heterocycles. The minimum absolute atomic E-state index is 0.129. The van der Waals surface area contributed by atoms with Crippen LogP contribution in [0.15, 0.2) is 72.8 Å². The number of halogens is 1. The lowest BCUT2D eigenvalue weighted by molar-refractivity contribution is -0.136. The van der Waals surface area contributed by atoms with Crippen molar-refractivity contribution in [2.75, 3.05) is 7.11 Å². The Morgan fingerprint density at radius 3 is 2.54 bits per heavy atom. The number of carboxylic acids is 1. The van der Waals surface area contributed by atoms with Gasteiger partial charge in [0.1, 0.15) is 18.1 Å². The fraction of sp³-hybridized carbons (Fsp3) is 0.241. The van der Waals surface area contributed by atoms with E-state index in [1.54, 1.807) is 36.1 Å². The van der Waals surface area contributed by atoms with E-state index in [1.807, 2.05) is 55.5 Å². The lowest BCUT2D eigenvalue weighted by Gasteiger charge is -2.13. The Hall–Kier alpha value is -3.81. The summed E-state index contributed by atoms with van der Waals surface area (Å²) >= 11 is 6.12. The van der Waals surface area contributed by atoms with Crippen LogP contribution >= 0.6 is 11.6 Å². The molecule has 0 aliphatic rings. The number of nitrogens with zero attached hydrogens (tertiary/aromatic N) is 2. The van der Waals surface area contributed by atoms with Crippen LogP contribution in [0.25, 0.3) is 22.5 Å². The summed E-state index contributed by atoms with van der Waals surface area (Å²) < 4.78 is 13.5. The van der Waals surface area contributed by atoms with Crippen molar-refractivity contribution in [3.8, 4) is 34.0 Å². The van der Waals surface area contributed by atoms with Gasteiger partial charge in [-0.25, -0.2) is 0 Å². The smallest absolute Gasteiger partial charge is 0.307 e. The molecule has 2 N–H and O–H groups in total. The summed E-state index contributed by atoms with van der Waals surface area (Å²) in [6.45, 7) is 2.48. The number of para-hydroxylation sites is 1. The fourth-order valence-corrected chi connectivity index (χ4v) is 4.28. The minimum Gasteiger partial charge on any atom is -0.496 e. The van der Waals surface area contributed by atoms with Gasteiger partial charge >= 0.3 is 5.97 Å². The lowest BCUT2D eigenvalue weighted by Crippen LogP contribution is -2.16. The number of rotatable bonds is 11. The molecule has 0 radical (unpaired) electrons. The van der Waals surface area contributed by atoms with E-state index in [1.165, 1.54) is 0 Å². The summed E-state index contributed by atoms with van der Waals surface area (Å²) in [5.41, 5.74) is 4.37. The van der Waals surface area contributed by atoms with Crippen molar-refractivity contribution in [3.63, 3.8) is 0 Å². The standard InChI is InChI=1S/C29H29ClN2O5/c1-3-22(33)17-32-26(23-9-4-5-10-27(23)36-2)16-25(31-32)24-14-19(15-29(34)35)11-12-28(24)37-18-20-7-6-8-21(30)13-20/h4-14,16,22,33H,3,15,17-18H2,1-2H3,(H,34,35)/t22-/m1/s1. The zero-order valence-electron chi connectivity index (χ0n) is 20.7. The summed E-state index contributed by atoms with van der Waals surface area (Å²) in [5.74, 6) is 0.310. The number of aliphatic carboxylic acids is 1. The first-order chi connectivity index (χ1) is 17.9. The molecular formula is C29H29ClN2O5. The van der Waals surface area contributed by atoms with Crippen molar-refractivity contribution in [2.24, 2.45) is 0 Å². The molecule has 4 rings (SSSR count). The Morgan fingerprint density at radius 1 is 1.00 bits per heavy atom. The van der Waals surface area contributed by atoms with Crippen LogP contribution in [0.4, 0.5) is 0 Å². The molecule has 3 aromatic carbocycles. The summed E-state index contributed by atoms with van der Waals surface area (Å²) in [4.78, 5) is 11.4. The zero-order chi connectivity index (χ0) is 26.4. The molecule has 0 fully saturated rings. The van der Waals surface area contributed by atoms with Crippen molar-refractivity contribution in [1.82, 2.24) is 9.78 Å². The first-order valence-electron chi connectivity index (χ1n) is 12.0. The lowest BCUT2D eigenvalue weighted by atomic mass is 10.0. The van der Waals surface area contributed by atoms with Gasteiger partial charge in [0, 0.05) is 16.1 Å². The molecule has 0 aliphatic heterocycles. The number of carbonyl (C=O) groups is 1. The van der Waals surface area contributed by atoms with Gasteiger partial charge in [-0.1, -0.05) is 48.9 Å². The molecule has 1 heterocycles. The predicted octanol–water partition coefficient (Wildman–Crippen LogP) is 5.86. The molecule has 8 heteroatoms. The number of carboxylic acid groups (broad SMARTS) is 1. The fourth-order valence-electron chi connectivity index (χ4n) is 4.06. The third kappa shape index (κ3) is 6.50. The Labute approximate surface area is 220 Å². The number of aliphatic hydroxyl groups excluding tert-OH is 1. The Balaban J connectivity index is 1.80. The molecule has 192 valence electrons. The number of methoxy groups -OCH3 is 1. The SMILES string of the molecule is CC[C@@H](O)Cn1nc(-c2cc(CC(=O)O)ccc2OCc2cccc(Cl)c2)cc1-c1ccccc1OC. The van der Waals surface area contributed by atoms with Gasteiger partial charge in [0.2, 0.25) is 0 Å². The topological polar surface area (TPSA) is 93.8 Å². The van der Waals surface area contributed by atoms with Crippen LogP contribution in [0.2, 0.25) is 5.02 Å². The first kappa shape index (κ1) is 26.3. The molecule has 0 unspecified atom stereocenters. The van der Waals surface area contributed by atoms with Gasteiger partial charge in [0.05, 0.1) is 37.6 Å². The van der Waals surface area contributed by atoms with Crippen LogP contribution in [0.5, 0.6) is 11.5 Å². The highest BCUT2D eigenvalue weighted by atomic mass is 35.5. The van der Waals surface area contributed by atoms with Crippen LogP contribution < -0.4 is 9.47 Å². The molecule has 37 heavy (non-hydrogen) atoms. The average Bonchev–Trinajstić information content (AvgIpc) is 3.30. The maximum absolute atomic E-state index is 11.4. The van der Waals surface area contributed by atoms with Crippen LogP contribution in [0, 0.1) is 0 Å². The van der Waals surface area contributed by atoms with E-state index in [-0.39, 0.29) is 19.6 Å². The first-order valence-corrected chi connectivity index (χ1v) is 12.4. The molecule has 0 saturated heterocycles. The number of hydrogen-bond donors (Lipinski definition) is 2. The Morgan fingerprint density at radius 2 is 1.81 bits per heavy atom. The van der Waals surface area contributed by atoms with E-state index < -0.39 is 12.1 Å². The van der Waals surface area contributed by atoms with Gasteiger partial charge in [0.15, 0.2) is 0 Å². The summed E-state index contributed by atoms with van der Waals surface area (Å²) in [7, 11) is 1.61. The monoisotopic (exact) mass is 520 g/mol. The van der Waals surface area contributed by atoms with Gasteiger partial charge in [-0.3, -0.25) is 9.48 Å². The maximum atomic E-state index is 11.4. The zero-order valence-corrected chi connectivity index (χ0v) is 21.5. The number of benzene rings is 3. The molecule has 0 amide bonds. The quantitative estimate of drug-likeness (QED) is 0.257. The van der Waals surface area contributed by atoms with Gasteiger partial charge in [-0.05, 0) is 60.0 Å². The largest absolute Gasteiger partial charge is 0.496 e. The van der Waals surface area contributed by atoms with Crippen molar-refractivity contribution >= 4 is 17.6 Å². The highest BCUT2D eigenvalue weighted by molar-refractivity contribution is 6.30. The average molecular weight is 521 g/mol. The maximum Gasteiger partial charge on any atom is 0.307 e. The second-order valence-corrected chi connectivity index (χ2v) is 9.12. The number of hydrogen-bond acceptors (Lipinski definition) is 5. The predicted molar refractivity (Wildman–Crippen MR) is 143 cm³/mol. The second-order valence-electron chi connectivity index (χ2n) is 8.68. The molecule has 0 aliphatic carbocycles. The molecule has 0 bridgehead atoms. The Bertz CT molecular complexity index is 1380. The van der Waals surface area contributed by atoms with Gasteiger partial charge in [0.25, 0.3) is 0 Å². The van der Waals surface area contributed by atoms with Crippen LogP contribution in [0.3, 0.4) is 0 Å². The van der Waals surface area contributed by atoms with E-state index in [9.17, 15) is 15.0 Å². The molecule has 0 saturated carbocycles. The van der Waals surface area contributed by atoms with Crippen LogP contribution in [-0.4, -0.2) is 39.2 Å².